The Morgan fingerprint density at radius 2 is 1.95 bits per heavy atom. The second-order valence-corrected chi connectivity index (χ2v) is 5.98. The van der Waals surface area contributed by atoms with Crippen molar-refractivity contribution in [2.75, 3.05) is 29.9 Å². The van der Waals surface area contributed by atoms with E-state index in [0.29, 0.717) is 0 Å². The van der Waals surface area contributed by atoms with Crippen LogP contribution >= 0.6 is 0 Å². The number of piperidine rings is 1. The first kappa shape index (κ1) is 15.1. The van der Waals surface area contributed by atoms with Gasteiger partial charge >= 0.3 is 0 Å². The molecule has 0 radical (unpaired) electrons. The standard InChI is InChI=1S/C16H28N4/c1-5-14-15(17-6-2)18-11-19-16(14)20-9-7-13(8-10-20)12(3)4/h11-13H,5-10H2,1-4H3,(H,17,18,19). The fourth-order valence-corrected chi connectivity index (χ4v) is 3.10. The lowest BCUT2D eigenvalue weighted by atomic mass is 9.86. The number of hydrogen-bond donors (Lipinski definition) is 1. The van der Waals surface area contributed by atoms with Gasteiger partial charge in [0.2, 0.25) is 0 Å². The highest BCUT2D eigenvalue weighted by atomic mass is 15.2. The van der Waals surface area contributed by atoms with E-state index >= 15 is 0 Å². The summed E-state index contributed by atoms with van der Waals surface area (Å²) >= 11 is 0. The van der Waals surface area contributed by atoms with E-state index in [1.165, 1.54) is 18.4 Å². The number of nitrogens with one attached hydrogen (secondary N) is 1. The third-order valence-electron chi connectivity index (χ3n) is 4.40. The first-order valence-electron chi connectivity index (χ1n) is 8.00. The summed E-state index contributed by atoms with van der Waals surface area (Å²) in [6.45, 7) is 12.1. The van der Waals surface area contributed by atoms with Crippen LogP contribution in [0.25, 0.3) is 0 Å². The SMILES string of the molecule is CCNc1ncnc(N2CCC(C(C)C)CC2)c1CC. The number of nitrogens with zero attached hydrogens (tertiary/aromatic N) is 3. The highest BCUT2D eigenvalue weighted by Crippen LogP contribution is 2.30. The largest absolute Gasteiger partial charge is 0.370 e. The van der Waals surface area contributed by atoms with Gasteiger partial charge in [-0.3, -0.25) is 0 Å². The molecule has 1 aromatic heterocycles. The Morgan fingerprint density at radius 3 is 2.50 bits per heavy atom. The van der Waals surface area contributed by atoms with Crippen LogP contribution in [-0.2, 0) is 6.42 Å². The highest BCUT2D eigenvalue weighted by molar-refractivity contribution is 5.58. The van der Waals surface area contributed by atoms with Gasteiger partial charge in [0.1, 0.15) is 18.0 Å². The van der Waals surface area contributed by atoms with Crippen LogP contribution in [0, 0.1) is 11.8 Å². The van der Waals surface area contributed by atoms with E-state index in [2.05, 4.69) is 47.9 Å². The average molecular weight is 276 g/mol. The Hall–Kier alpha value is -1.32. The summed E-state index contributed by atoms with van der Waals surface area (Å²) in [5.74, 6) is 3.81. The smallest absolute Gasteiger partial charge is 0.137 e. The lowest BCUT2D eigenvalue weighted by Crippen LogP contribution is -2.36. The summed E-state index contributed by atoms with van der Waals surface area (Å²) in [6, 6.07) is 0. The molecule has 4 heteroatoms. The highest BCUT2D eigenvalue weighted by Gasteiger charge is 2.24. The van der Waals surface area contributed by atoms with E-state index in [0.717, 1.165) is 49.5 Å². The van der Waals surface area contributed by atoms with E-state index in [9.17, 15) is 0 Å². The van der Waals surface area contributed by atoms with Gasteiger partial charge in [-0.25, -0.2) is 9.97 Å². The van der Waals surface area contributed by atoms with E-state index in [1.54, 1.807) is 6.33 Å². The van der Waals surface area contributed by atoms with Gasteiger partial charge in [0, 0.05) is 25.2 Å². The zero-order valence-electron chi connectivity index (χ0n) is 13.3. The van der Waals surface area contributed by atoms with Gasteiger partial charge in [0.05, 0.1) is 0 Å². The minimum atomic E-state index is 0.797. The van der Waals surface area contributed by atoms with Crippen molar-refractivity contribution >= 4 is 11.6 Å². The quantitative estimate of drug-likeness (QED) is 0.895. The molecule has 0 bridgehead atoms. The summed E-state index contributed by atoms with van der Waals surface area (Å²) in [5.41, 5.74) is 1.26. The Bertz CT molecular complexity index is 422. The molecule has 0 amide bonds. The van der Waals surface area contributed by atoms with E-state index in [4.69, 9.17) is 0 Å². The molecule has 0 aromatic carbocycles. The molecule has 1 saturated heterocycles. The predicted molar refractivity (Wildman–Crippen MR) is 85.3 cm³/mol. The molecule has 0 aliphatic carbocycles. The van der Waals surface area contributed by atoms with Crippen LogP contribution in [0.1, 0.15) is 46.1 Å². The van der Waals surface area contributed by atoms with Crippen LogP contribution in [0.5, 0.6) is 0 Å². The molecular weight excluding hydrogens is 248 g/mol. The van der Waals surface area contributed by atoms with E-state index in [-0.39, 0.29) is 0 Å². The number of anilines is 2. The Labute approximate surface area is 123 Å². The average Bonchev–Trinajstić information content (AvgIpc) is 2.47. The Balaban J connectivity index is 2.15. The van der Waals surface area contributed by atoms with Gasteiger partial charge < -0.3 is 10.2 Å². The predicted octanol–water partition coefficient (Wildman–Crippen LogP) is 3.34. The van der Waals surface area contributed by atoms with Crippen molar-refractivity contribution < 1.29 is 0 Å². The molecule has 1 aliphatic heterocycles. The van der Waals surface area contributed by atoms with Crippen LogP contribution in [0.2, 0.25) is 0 Å². The first-order valence-corrected chi connectivity index (χ1v) is 8.00. The molecule has 0 spiro atoms. The third kappa shape index (κ3) is 3.22. The molecule has 1 aliphatic rings. The number of aromatic nitrogens is 2. The summed E-state index contributed by atoms with van der Waals surface area (Å²) < 4.78 is 0. The summed E-state index contributed by atoms with van der Waals surface area (Å²) in [7, 11) is 0. The van der Waals surface area contributed by atoms with E-state index in [1.807, 2.05) is 0 Å². The van der Waals surface area contributed by atoms with Gasteiger partial charge in [0.15, 0.2) is 0 Å². The van der Waals surface area contributed by atoms with Crippen molar-refractivity contribution in [1.82, 2.24) is 9.97 Å². The van der Waals surface area contributed by atoms with Crippen molar-refractivity contribution in [1.29, 1.82) is 0 Å². The molecule has 4 nitrogen and oxygen atoms in total. The van der Waals surface area contributed by atoms with Crippen LogP contribution in [0.4, 0.5) is 11.6 Å². The second kappa shape index (κ2) is 6.91. The maximum atomic E-state index is 4.56. The van der Waals surface area contributed by atoms with E-state index < -0.39 is 0 Å². The Morgan fingerprint density at radius 1 is 1.25 bits per heavy atom. The van der Waals surface area contributed by atoms with Gasteiger partial charge in [-0.05, 0) is 38.0 Å². The van der Waals surface area contributed by atoms with Crippen molar-refractivity contribution in [3.8, 4) is 0 Å². The molecule has 1 aromatic rings. The number of rotatable bonds is 5. The molecule has 20 heavy (non-hydrogen) atoms. The lowest BCUT2D eigenvalue weighted by molar-refractivity contribution is 0.310. The zero-order chi connectivity index (χ0) is 14.5. The minimum absolute atomic E-state index is 0.797. The first-order chi connectivity index (χ1) is 9.67. The van der Waals surface area contributed by atoms with Crippen LogP contribution < -0.4 is 10.2 Å². The maximum Gasteiger partial charge on any atom is 0.137 e. The fraction of sp³-hybridized carbons (Fsp3) is 0.750. The van der Waals surface area contributed by atoms with Crippen molar-refractivity contribution in [2.24, 2.45) is 11.8 Å². The Kier molecular flexibility index (Phi) is 5.21. The molecule has 0 saturated carbocycles. The second-order valence-electron chi connectivity index (χ2n) is 5.98. The van der Waals surface area contributed by atoms with Gasteiger partial charge in [0.25, 0.3) is 0 Å². The molecule has 1 fully saturated rings. The molecule has 2 heterocycles. The molecule has 112 valence electrons. The monoisotopic (exact) mass is 276 g/mol. The number of hydrogen-bond acceptors (Lipinski definition) is 4. The van der Waals surface area contributed by atoms with Crippen molar-refractivity contribution in [2.45, 2.75) is 47.0 Å². The summed E-state index contributed by atoms with van der Waals surface area (Å²) in [6.07, 6.45) is 5.23. The molecular formula is C16H28N4. The van der Waals surface area contributed by atoms with Crippen LogP contribution in [-0.4, -0.2) is 29.6 Å². The zero-order valence-corrected chi connectivity index (χ0v) is 13.3. The van der Waals surface area contributed by atoms with Crippen molar-refractivity contribution in [3.05, 3.63) is 11.9 Å². The van der Waals surface area contributed by atoms with Gasteiger partial charge in [-0.1, -0.05) is 20.8 Å². The summed E-state index contributed by atoms with van der Waals surface area (Å²) in [4.78, 5) is 11.4. The van der Waals surface area contributed by atoms with Gasteiger partial charge in [-0.2, -0.15) is 0 Å². The normalized spacial score (nSPS) is 16.8. The van der Waals surface area contributed by atoms with Crippen LogP contribution in [0.15, 0.2) is 6.33 Å². The molecule has 2 rings (SSSR count). The minimum Gasteiger partial charge on any atom is -0.370 e. The fourth-order valence-electron chi connectivity index (χ4n) is 3.10. The van der Waals surface area contributed by atoms with Crippen molar-refractivity contribution in [3.63, 3.8) is 0 Å². The van der Waals surface area contributed by atoms with Crippen LogP contribution in [0.3, 0.4) is 0 Å². The molecule has 0 unspecified atom stereocenters. The lowest BCUT2D eigenvalue weighted by Gasteiger charge is -2.35. The molecule has 1 N–H and O–H groups in total. The maximum absolute atomic E-state index is 4.56. The topological polar surface area (TPSA) is 41.1 Å². The van der Waals surface area contributed by atoms with Gasteiger partial charge in [-0.15, -0.1) is 0 Å². The summed E-state index contributed by atoms with van der Waals surface area (Å²) in [5, 5.41) is 3.36. The third-order valence-corrected chi connectivity index (χ3v) is 4.40. The molecule has 0 atom stereocenters.